The van der Waals surface area contributed by atoms with Crippen LogP contribution in [0, 0.1) is 0 Å². The van der Waals surface area contributed by atoms with Gasteiger partial charge in [0.15, 0.2) is 0 Å². The molecule has 5 heteroatoms. The second-order valence-electron chi connectivity index (χ2n) is 3.71. The molecule has 0 fully saturated rings. The molecular formula is C12H11Br2NOS. The number of thiophene rings is 1. The maximum atomic E-state index is 10.1. The third-order valence-corrected chi connectivity index (χ3v) is 4.24. The van der Waals surface area contributed by atoms with E-state index in [0.29, 0.717) is 12.1 Å². The van der Waals surface area contributed by atoms with Crippen LogP contribution in [-0.2, 0) is 6.42 Å². The van der Waals surface area contributed by atoms with Crippen LogP contribution in [0.5, 0.6) is 0 Å². The lowest BCUT2D eigenvalue weighted by Gasteiger charge is -2.11. The maximum absolute atomic E-state index is 10.1. The zero-order chi connectivity index (χ0) is 12.3. The lowest BCUT2D eigenvalue weighted by atomic mass is 10.1. The molecule has 2 aromatic heterocycles. The van der Waals surface area contributed by atoms with E-state index in [9.17, 15) is 5.11 Å². The summed E-state index contributed by atoms with van der Waals surface area (Å²) in [4.78, 5) is 4.24. The number of pyridine rings is 1. The summed E-state index contributed by atoms with van der Waals surface area (Å²) < 4.78 is 1.74. The minimum atomic E-state index is -0.530. The first kappa shape index (κ1) is 13.2. The van der Waals surface area contributed by atoms with Gasteiger partial charge in [0.25, 0.3) is 0 Å². The first-order chi connectivity index (χ1) is 8.16. The monoisotopic (exact) mass is 375 g/mol. The van der Waals surface area contributed by atoms with E-state index in [0.717, 1.165) is 15.4 Å². The van der Waals surface area contributed by atoms with Gasteiger partial charge in [-0.2, -0.15) is 11.3 Å². The molecule has 0 saturated carbocycles. The minimum absolute atomic E-state index is 0.530. The molecule has 0 aliphatic heterocycles. The smallest absolute Gasteiger partial charge is 0.0974 e. The fraction of sp³-hybridized carbons (Fsp3) is 0.250. The number of aliphatic hydroxyl groups excluding tert-OH is 1. The highest BCUT2D eigenvalue weighted by atomic mass is 79.9. The van der Waals surface area contributed by atoms with Crippen molar-refractivity contribution >= 4 is 43.2 Å². The predicted octanol–water partition coefficient (Wildman–Crippen LogP) is 4.33. The van der Waals surface area contributed by atoms with Crippen molar-refractivity contribution in [2.75, 3.05) is 0 Å². The van der Waals surface area contributed by atoms with Gasteiger partial charge in [0.05, 0.1) is 11.8 Å². The van der Waals surface area contributed by atoms with Gasteiger partial charge in [-0.05, 0) is 73.2 Å². The van der Waals surface area contributed by atoms with Crippen LogP contribution in [-0.4, -0.2) is 10.1 Å². The van der Waals surface area contributed by atoms with Crippen molar-refractivity contribution in [2.24, 2.45) is 0 Å². The van der Waals surface area contributed by atoms with Crippen molar-refractivity contribution in [3.63, 3.8) is 0 Å². The van der Waals surface area contributed by atoms with Crippen LogP contribution in [0.15, 0.2) is 38.0 Å². The minimum Gasteiger partial charge on any atom is -0.387 e. The first-order valence-corrected chi connectivity index (χ1v) is 7.70. The second kappa shape index (κ2) is 6.09. The largest absolute Gasteiger partial charge is 0.387 e. The number of hydrogen-bond acceptors (Lipinski definition) is 3. The molecule has 0 aromatic carbocycles. The van der Waals surface area contributed by atoms with Crippen LogP contribution in [0.3, 0.4) is 0 Å². The molecule has 0 saturated heterocycles. The highest BCUT2D eigenvalue weighted by Crippen LogP contribution is 2.27. The quantitative estimate of drug-likeness (QED) is 0.861. The molecule has 1 atom stereocenters. The van der Waals surface area contributed by atoms with Gasteiger partial charge < -0.3 is 5.11 Å². The molecule has 2 rings (SSSR count). The maximum Gasteiger partial charge on any atom is 0.0974 e. The lowest BCUT2D eigenvalue weighted by Crippen LogP contribution is -2.03. The van der Waals surface area contributed by atoms with E-state index in [-0.39, 0.29) is 0 Å². The van der Waals surface area contributed by atoms with E-state index in [1.54, 1.807) is 17.5 Å². The van der Waals surface area contributed by atoms with Gasteiger partial charge in [0.2, 0.25) is 0 Å². The Morgan fingerprint density at radius 1 is 1.41 bits per heavy atom. The number of nitrogens with zero attached hydrogens (tertiary/aromatic N) is 1. The molecule has 0 radical (unpaired) electrons. The van der Waals surface area contributed by atoms with Gasteiger partial charge in [-0.25, -0.2) is 0 Å². The van der Waals surface area contributed by atoms with E-state index in [1.807, 2.05) is 6.07 Å². The van der Waals surface area contributed by atoms with Crippen LogP contribution < -0.4 is 0 Å². The van der Waals surface area contributed by atoms with Crippen molar-refractivity contribution in [1.29, 1.82) is 0 Å². The molecule has 0 aliphatic rings. The average molecular weight is 377 g/mol. The van der Waals surface area contributed by atoms with E-state index in [4.69, 9.17) is 0 Å². The number of aliphatic hydroxyl groups is 1. The van der Waals surface area contributed by atoms with Gasteiger partial charge in [-0.1, -0.05) is 0 Å². The number of aromatic nitrogens is 1. The predicted molar refractivity (Wildman–Crippen MR) is 77.2 cm³/mol. The molecule has 2 aromatic rings. The van der Waals surface area contributed by atoms with Crippen LogP contribution in [0.25, 0.3) is 0 Å². The Hall–Kier alpha value is -0.230. The standard InChI is InChI=1S/C12H11Br2NOS/c13-9-5-10(14)12(15-6-9)11(16)2-1-8-3-4-17-7-8/h3-7,11,16H,1-2H2. The summed E-state index contributed by atoms with van der Waals surface area (Å²) in [6.07, 6.45) is 2.73. The summed E-state index contributed by atoms with van der Waals surface area (Å²) in [5.41, 5.74) is 1.96. The zero-order valence-corrected chi connectivity index (χ0v) is 12.9. The number of halogens is 2. The molecule has 0 aliphatic carbocycles. The fourth-order valence-corrected chi connectivity index (χ4v) is 3.50. The van der Waals surface area contributed by atoms with Crippen molar-refractivity contribution in [2.45, 2.75) is 18.9 Å². The van der Waals surface area contributed by atoms with Gasteiger partial charge in [-0.15, -0.1) is 0 Å². The fourth-order valence-electron chi connectivity index (χ4n) is 1.55. The van der Waals surface area contributed by atoms with Crippen molar-refractivity contribution in [3.05, 3.63) is 49.3 Å². The molecule has 2 heterocycles. The Balaban J connectivity index is 2.01. The van der Waals surface area contributed by atoms with Gasteiger partial charge in [0, 0.05) is 15.1 Å². The molecule has 17 heavy (non-hydrogen) atoms. The zero-order valence-electron chi connectivity index (χ0n) is 8.94. The Kier molecular flexibility index (Phi) is 4.73. The second-order valence-corrected chi connectivity index (χ2v) is 6.26. The summed E-state index contributed by atoms with van der Waals surface area (Å²) in [7, 11) is 0. The molecule has 1 unspecified atom stereocenters. The summed E-state index contributed by atoms with van der Waals surface area (Å²) >= 11 is 8.44. The van der Waals surface area contributed by atoms with Crippen LogP contribution in [0.4, 0.5) is 0 Å². The summed E-state index contributed by atoms with van der Waals surface area (Å²) in [5, 5.41) is 14.2. The summed E-state index contributed by atoms with van der Waals surface area (Å²) in [6, 6.07) is 3.98. The van der Waals surface area contributed by atoms with Gasteiger partial charge >= 0.3 is 0 Å². The van der Waals surface area contributed by atoms with Crippen molar-refractivity contribution in [1.82, 2.24) is 4.98 Å². The molecular weight excluding hydrogens is 366 g/mol. The molecule has 90 valence electrons. The molecule has 2 nitrogen and oxygen atoms in total. The van der Waals surface area contributed by atoms with E-state index < -0.39 is 6.10 Å². The summed E-state index contributed by atoms with van der Waals surface area (Å²) in [6.45, 7) is 0. The van der Waals surface area contributed by atoms with E-state index >= 15 is 0 Å². The molecule has 0 amide bonds. The normalized spacial score (nSPS) is 12.6. The van der Waals surface area contributed by atoms with Crippen molar-refractivity contribution < 1.29 is 5.11 Å². The lowest BCUT2D eigenvalue weighted by molar-refractivity contribution is 0.162. The Morgan fingerprint density at radius 2 is 2.24 bits per heavy atom. The van der Waals surface area contributed by atoms with Gasteiger partial charge in [-0.3, -0.25) is 4.98 Å². The molecule has 1 N–H and O–H groups in total. The highest BCUT2D eigenvalue weighted by molar-refractivity contribution is 9.11. The molecule has 0 bridgehead atoms. The van der Waals surface area contributed by atoms with Crippen LogP contribution in [0.2, 0.25) is 0 Å². The highest BCUT2D eigenvalue weighted by Gasteiger charge is 2.13. The average Bonchev–Trinajstić information content (AvgIpc) is 2.78. The first-order valence-electron chi connectivity index (χ1n) is 5.17. The van der Waals surface area contributed by atoms with Gasteiger partial charge in [0.1, 0.15) is 0 Å². The van der Waals surface area contributed by atoms with Crippen LogP contribution >= 0.6 is 43.2 Å². The third kappa shape index (κ3) is 3.61. The Morgan fingerprint density at radius 3 is 2.88 bits per heavy atom. The number of hydrogen-bond donors (Lipinski definition) is 1. The third-order valence-electron chi connectivity index (χ3n) is 2.44. The number of rotatable bonds is 4. The Bertz CT molecular complexity index is 487. The SMILES string of the molecule is OC(CCc1ccsc1)c1ncc(Br)cc1Br. The summed E-state index contributed by atoms with van der Waals surface area (Å²) in [5.74, 6) is 0. The molecule has 0 spiro atoms. The topological polar surface area (TPSA) is 33.1 Å². The van der Waals surface area contributed by atoms with E-state index in [2.05, 4.69) is 53.7 Å². The number of aryl methyl sites for hydroxylation is 1. The van der Waals surface area contributed by atoms with E-state index in [1.165, 1.54) is 5.56 Å². The van der Waals surface area contributed by atoms with Crippen LogP contribution in [0.1, 0.15) is 23.8 Å². The van der Waals surface area contributed by atoms with Crippen molar-refractivity contribution in [3.8, 4) is 0 Å². The Labute approximate surface area is 121 Å².